The lowest BCUT2D eigenvalue weighted by Gasteiger charge is -2.33. The summed E-state index contributed by atoms with van der Waals surface area (Å²) in [5, 5.41) is 0. The summed E-state index contributed by atoms with van der Waals surface area (Å²) in [7, 11) is 0. The molecule has 0 aromatic carbocycles. The van der Waals surface area contributed by atoms with Gasteiger partial charge in [-0.05, 0) is 49.4 Å². The molecule has 0 amide bonds. The molecule has 2 aromatic rings. The number of alkyl halides is 3. The molecule has 2 unspecified atom stereocenters. The lowest BCUT2D eigenvalue weighted by molar-refractivity contribution is -0.0824. The fourth-order valence-corrected chi connectivity index (χ4v) is 5.71. The molecule has 0 N–H and O–H groups in total. The minimum Gasteiger partial charge on any atom is -0.486 e. The third kappa shape index (κ3) is 9.92. The molecule has 230 valence electrons. The van der Waals surface area contributed by atoms with Crippen molar-refractivity contribution in [1.82, 2.24) is 9.97 Å². The largest absolute Gasteiger partial charge is 0.486 e. The average molecular weight is 583 g/mol. The molecular weight excluding hydrogens is 535 g/mol. The van der Waals surface area contributed by atoms with Gasteiger partial charge in [-0.3, -0.25) is 0 Å². The maximum atomic E-state index is 15.3. The van der Waals surface area contributed by atoms with Crippen LogP contribution in [0.25, 0.3) is 11.4 Å². The van der Waals surface area contributed by atoms with E-state index in [4.69, 9.17) is 4.74 Å². The van der Waals surface area contributed by atoms with E-state index in [2.05, 4.69) is 23.8 Å². The number of hydrogen-bond donors (Lipinski definition) is 0. The van der Waals surface area contributed by atoms with Gasteiger partial charge in [0.05, 0.1) is 17.0 Å². The van der Waals surface area contributed by atoms with Gasteiger partial charge in [0.1, 0.15) is 12.8 Å². The highest BCUT2D eigenvalue weighted by molar-refractivity contribution is 5.57. The summed E-state index contributed by atoms with van der Waals surface area (Å²) in [5.41, 5.74) is -0.459. The molecule has 1 aliphatic rings. The number of aryl methyl sites for hydroxylation is 1. The second kappa shape index (κ2) is 17.0. The quantitative estimate of drug-likeness (QED) is 0.0939. The molecule has 2 atom stereocenters. The zero-order valence-corrected chi connectivity index (χ0v) is 24.8. The molecular formula is C33H47F5N2O. The number of aromatic nitrogens is 2. The van der Waals surface area contributed by atoms with Crippen molar-refractivity contribution in [2.24, 2.45) is 5.92 Å². The van der Waals surface area contributed by atoms with E-state index in [1.54, 1.807) is 0 Å². The average Bonchev–Trinajstić information content (AvgIpc) is 2.94. The first-order valence-electron chi connectivity index (χ1n) is 15.8. The van der Waals surface area contributed by atoms with E-state index in [0.29, 0.717) is 25.7 Å². The van der Waals surface area contributed by atoms with Gasteiger partial charge in [0.2, 0.25) is 5.95 Å². The number of rotatable bonds is 19. The first-order chi connectivity index (χ1) is 19.8. The topological polar surface area (TPSA) is 35.0 Å². The predicted molar refractivity (Wildman–Crippen MR) is 154 cm³/mol. The van der Waals surface area contributed by atoms with Crippen molar-refractivity contribution in [3.8, 4) is 17.1 Å². The second-order valence-corrected chi connectivity index (χ2v) is 11.6. The van der Waals surface area contributed by atoms with Crippen molar-refractivity contribution in [2.45, 2.75) is 135 Å². The zero-order chi connectivity index (χ0) is 29.7. The number of ether oxygens (including phenoxy) is 1. The van der Waals surface area contributed by atoms with E-state index in [1.165, 1.54) is 43.9 Å². The Labute approximate surface area is 242 Å². The summed E-state index contributed by atoms with van der Waals surface area (Å²) in [6.45, 7) is 4.01. The lowest BCUT2D eigenvalue weighted by Crippen LogP contribution is -2.33. The minimum absolute atomic E-state index is 0.00828. The normalized spacial score (nSPS) is 16.9. The number of halogens is 5. The van der Waals surface area contributed by atoms with Crippen LogP contribution in [0.2, 0.25) is 0 Å². The number of pyridine rings is 2. The van der Waals surface area contributed by atoms with Crippen LogP contribution in [0.3, 0.4) is 0 Å². The van der Waals surface area contributed by atoms with E-state index in [1.807, 2.05) is 0 Å². The van der Waals surface area contributed by atoms with Crippen LogP contribution in [-0.4, -0.2) is 22.7 Å². The first-order valence-corrected chi connectivity index (χ1v) is 15.8. The standard InChI is InChI=1S/C33H47F5N2O/c1-3-5-7-9-11-12-14-16-25-19-18-24-22-28(40-32(36)30(24)33(25,37)38)27-20-21-29(31(35)39-27)41-23-26(34)17-15-13-10-8-6-4-2/h20-22,25-26H,3-19,23H2,1-2H3. The van der Waals surface area contributed by atoms with Crippen molar-refractivity contribution >= 4 is 0 Å². The lowest BCUT2D eigenvalue weighted by atomic mass is 9.78. The number of hydrogen-bond acceptors (Lipinski definition) is 3. The van der Waals surface area contributed by atoms with Crippen LogP contribution in [-0.2, 0) is 12.3 Å². The summed E-state index contributed by atoms with van der Waals surface area (Å²) < 4.78 is 79.9. The smallest absolute Gasteiger partial charge is 0.280 e. The van der Waals surface area contributed by atoms with E-state index in [9.17, 15) is 8.78 Å². The van der Waals surface area contributed by atoms with Crippen LogP contribution < -0.4 is 4.74 Å². The van der Waals surface area contributed by atoms with Gasteiger partial charge >= 0.3 is 0 Å². The summed E-state index contributed by atoms with van der Waals surface area (Å²) in [6.07, 6.45) is 13.6. The maximum Gasteiger partial charge on any atom is 0.280 e. The summed E-state index contributed by atoms with van der Waals surface area (Å²) in [4.78, 5) is 7.57. The van der Waals surface area contributed by atoms with Crippen LogP contribution in [0.5, 0.6) is 5.75 Å². The molecule has 8 heteroatoms. The molecule has 0 fully saturated rings. The summed E-state index contributed by atoms with van der Waals surface area (Å²) in [5.74, 6) is -6.64. The molecule has 3 rings (SSSR count). The van der Waals surface area contributed by atoms with Gasteiger partial charge in [0.25, 0.3) is 11.9 Å². The second-order valence-electron chi connectivity index (χ2n) is 11.6. The van der Waals surface area contributed by atoms with E-state index in [0.717, 1.165) is 51.4 Å². The molecule has 1 aliphatic carbocycles. The third-order valence-electron chi connectivity index (χ3n) is 8.19. The molecule has 41 heavy (non-hydrogen) atoms. The van der Waals surface area contributed by atoms with Crippen LogP contribution in [0.4, 0.5) is 22.0 Å². The Balaban J connectivity index is 1.56. The molecule has 0 saturated heterocycles. The van der Waals surface area contributed by atoms with Crippen LogP contribution in [0.1, 0.15) is 128 Å². The fourth-order valence-electron chi connectivity index (χ4n) is 5.71. The maximum absolute atomic E-state index is 15.3. The number of nitrogens with zero attached hydrogens (tertiary/aromatic N) is 2. The monoisotopic (exact) mass is 582 g/mol. The Morgan fingerprint density at radius 1 is 0.829 bits per heavy atom. The van der Waals surface area contributed by atoms with E-state index < -0.39 is 35.5 Å². The molecule has 0 radical (unpaired) electrons. The molecule has 0 bridgehead atoms. The molecule has 2 heterocycles. The molecule has 0 spiro atoms. The Morgan fingerprint density at radius 3 is 2.10 bits per heavy atom. The Kier molecular flexibility index (Phi) is 13.8. The molecule has 2 aromatic heterocycles. The highest BCUT2D eigenvalue weighted by Gasteiger charge is 2.47. The number of fused-ring (bicyclic) bond motifs is 1. The van der Waals surface area contributed by atoms with Crippen molar-refractivity contribution in [3.05, 3.63) is 41.2 Å². The van der Waals surface area contributed by atoms with Gasteiger partial charge in [0.15, 0.2) is 5.75 Å². The van der Waals surface area contributed by atoms with Gasteiger partial charge in [-0.15, -0.1) is 0 Å². The van der Waals surface area contributed by atoms with Crippen LogP contribution in [0, 0.1) is 17.8 Å². The Hall–Kier alpha value is -2.25. The van der Waals surface area contributed by atoms with Gasteiger partial charge in [-0.25, -0.2) is 23.1 Å². The highest BCUT2D eigenvalue weighted by Crippen LogP contribution is 2.47. The van der Waals surface area contributed by atoms with E-state index in [-0.39, 0.29) is 35.7 Å². The highest BCUT2D eigenvalue weighted by atomic mass is 19.3. The molecule has 3 nitrogen and oxygen atoms in total. The van der Waals surface area contributed by atoms with Crippen molar-refractivity contribution < 1.29 is 26.7 Å². The fraction of sp³-hybridized carbons (Fsp3) is 0.697. The van der Waals surface area contributed by atoms with Crippen molar-refractivity contribution in [3.63, 3.8) is 0 Å². The predicted octanol–water partition coefficient (Wildman–Crippen LogP) is 10.7. The SMILES string of the molecule is CCCCCCCCCC1CCc2cc(-c3ccc(OCC(F)CCCCCCCC)c(F)n3)nc(F)c2C1(F)F. The minimum atomic E-state index is -3.31. The zero-order valence-electron chi connectivity index (χ0n) is 24.8. The summed E-state index contributed by atoms with van der Waals surface area (Å²) >= 11 is 0. The van der Waals surface area contributed by atoms with Crippen LogP contribution in [0.15, 0.2) is 18.2 Å². The third-order valence-corrected chi connectivity index (χ3v) is 8.19. The number of unbranched alkanes of at least 4 members (excludes halogenated alkanes) is 11. The van der Waals surface area contributed by atoms with E-state index >= 15 is 13.2 Å². The Bertz CT molecular complexity index is 1060. The van der Waals surface area contributed by atoms with Crippen LogP contribution >= 0.6 is 0 Å². The summed E-state index contributed by atoms with van der Waals surface area (Å²) in [6, 6.07) is 4.07. The van der Waals surface area contributed by atoms with Crippen molar-refractivity contribution in [1.29, 1.82) is 0 Å². The Morgan fingerprint density at radius 2 is 1.44 bits per heavy atom. The molecule has 0 saturated carbocycles. The van der Waals surface area contributed by atoms with Gasteiger partial charge in [-0.1, -0.05) is 97.3 Å². The van der Waals surface area contributed by atoms with Gasteiger partial charge in [0, 0.05) is 5.92 Å². The van der Waals surface area contributed by atoms with Crippen molar-refractivity contribution in [2.75, 3.05) is 6.61 Å². The first kappa shape index (κ1) is 33.3. The van der Waals surface area contributed by atoms with Gasteiger partial charge in [-0.2, -0.15) is 8.78 Å². The molecule has 0 aliphatic heterocycles. The van der Waals surface area contributed by atoms with Gasteiger partial charge < -0.3 is 4.74 Å².